The van der Waals surface area contributed by atoms with E-state index in [4.69, 9.17) is 0 Å². The lowest BCUT2D eigenvalue weighted by Crippen LogP contribution is -2.48. The molecular formula is C17H19N7O. The van der Waals surface area contributed by atoms with Crippen molar-refractivity contribution in [1.82, 2.24) is 29.8 Å². The van der Waals surface area contributed by atoms with Crippen LogP contribution in [0.4, 0.5) is 5.82 Å². The Balaban J connectivity index is 1.52. The van der Waals surface area contributed by atoms with Crippen LogP contribution in [0.2, 0.25) is 0 Å². The summed E-state index contributed by atoms with van der Waals surface area (Å²) in [5.41, 5.74) is 2.18. The lowest BCUT2D eigenvalue weighted by Gasteiger charge is -2.33. The molecule has 1 aliphatic heterocycles. The number of piperidine rings is 1. The normalized spacial score (nSPS) is 17.6. The number of nitrogens with zero attached hydrogens (tertiary/aromatic N) is 6. The number of fused-ring (bicyclic) bond motifs is 1. The van der Waals surface area contributed by atoms with E-state index in [-0.39, 0.29) is 11.9 Å². The maximum Gasteiger partial charge on any atom is 0.253 e. The molecule has 1 amide bonds. The number of rotatable bonds is 3. The van der Waals surface area contributed by atoms with Crippen LogP contribution in [0.25, 0.3) is 11.2 Å². The van der Waals surface area contributed by atoms with Gasteiger partial charge in [-0.05, 0) is 25.0 Å². The number of imidazole rings is 1. The molecular weight excluding hydrogens is 318 g/mol. The Morgan fingerprint density at radius 1 is 1.32 bits per heavy atom. The minimum Gasteiger partial charge on any atom is -0.353 e. The molecule has 25 heavy (non-hydrogen) atoms. The minimum atomic E-state index is -0.0920. The van der Waals surface area contributed by atoms with Crippen molar-refractivity contribution in [3.8, 4) is 0 Å². The molecule has 4 rings (SSSR count). The van der Waals surface area contributed by atoms with Gasteiger partial charge in [-0.15, -0.1) is 0 Å². The summed E-state index contributed by atoms with van der Waals surface area (Å²) in [5.74, 6) is 0.733. The summed E-state index contributed by atoms with van der Waals surface area (Å²) in [4.78, 5) is 31.7. The molecule has 8 heteroatoms. The Morgan fingerprint density at radius 2 is 2.24 bits per heavy atom. The Morgan fingerprint density at radius 3 is 3.08 bits per heavy atom. The first kappa shape index (κ1) is 15.5. The number of aromatic nitrogens is 5. The van der Waals surface area contributed by atoms with Gasteiger partial charge in [0, 0.05) is 38.6 Å². The molecule has 3 aromatic heterocycles. The number of nitrogens with one attached hydrogen (secondary N) is 1. The van der Waals surface area contributed by atoms with Crippen LogP contribution in [-0.4, -0.2) is 49.5 Å². The first-order valence-corrected chi connectivity index (χ1v) is 8.30. The predicted octanol–water partition coefficient (Wildman–Crippen LogP) is 1.16. The molecule has 1 N–H and O–H groups in total. The number of amides is 1. The van der Waals surface area contributed by atoms with Gasteiger partial charge in [0.15, 0.2) is 17.0 Å². The van der Waals surface area contributed by atoms with E-state index in [1.807, 2.05) is 11.6 Å². The van der Waals surface area contributed by atoms with E-state index in [1.165, 1.54) is 0 Å². The van der Waals surface area contributed by atoms with Gasteiger partial charge in [-0.25, -0.2) is 15.0 Å². The molecule has 1 saturated heterocycles. The van der Waals surface area contributed by atoms with E-state index >= 15 is 0 Å². The second kappa shape index (κ2) is 6.46. The average Bonchev–Trinajstić information content (AvgIpc) is 3.04. The van der Waals surface area contributed by atoms with E-state index in [2.05, 4.69) is 30.2 Å². The third-order valence-corrected chi connectivity index (χ3v) is 4.46. The standard InChI is InChI=1S/C17H19N7O/c1-23-11-21-14-15(23)19-10-20-16(14)24-7-3-5-13(9-24)22-17(25)12-4-2-6-18-8-12/h2,4,6,8,10-11,13H,3,5,7,9H2,1H3,(H,22,25). The molecule has 0 saturated carbocycles. The van der Waals surface area contributed by atoms with Gasteiger partial charge < -0.3 is 14.8 Å². The number of carbonyl (C=O) groups is 1. The minimum absolute atomic E-state index is 0.0650. The van der Waals surface area contributed by atoms with Crippen molar-refractivity contribution < 1.29 is 4.79 Å². The first-order chi connectivity index (χ1) is 12.2. The summed E-state index contributed by atoms with van der Waals surface area (Å²) in [6.07, 6.45) is 8.48. The van der Waals surface area contributed by atoms with Crippen LogP contribution in [0.1, 0.15) is 23.2 Å². The zero-order valence-corrected chi connectivity index (χ0v) is 14.0. The van der Waals surface area contributed by atoms with Gasteiger partial charge >= 0.3 is 0 Å². The molecule has 128 valence electrons. The van der Waals surface area contributed by atoms with Gasteiger partial charge in [0.25, 0.3) is 5.91 Å². The van der Waals surface area contributed by atoms with Crippen molar-refractivity contribution >= 4 is 22.9 Å². The molecule has 0 bridgehead atoms. The number of carbonyl (C=O) groups excluding carboxylic acids is 1. The van der Waals surface area contributed by atoms with Crippen molar-refractivity contribution in [2.24, 2.45) is 7.05 Å². The van der Waals surface area contributed by atoms with Gasteiger partial charge in [0.1, 0.15) is 6.33 Å². The fraction of sp³-hybridized carbons (Fsp3) is 0.353. The summed E-state index contributed by atoms with van der Waals surface area (Å²) in [5, 5.41) is 3.10. The molecule has 1 unspecified atom stereocenters. The Hall–Kier alpha value is -3.03. The molecule has 1 aliphatic rings. The Bertz CT molecular complexity index is 892. The van der Waals surface area contributed by atoms with E-state index in [9.17, 15) is 4.79 Å². The summed E-state index contributed by atoms with van der Waals surface area (Å²) in [6, 6.07) is 3.60. The number of hydrogen-bond donors (Lipinski definition) is 1. The molecule has 8 nitrogen and oxygen atoms in total. The Labute approximate surface area is 144 Å². The lowest BCUT2D eigenvalue weighted by atomic mass is 10.1. The number of anilines is 1. The first-order valence-electron chi connectivity index (χ1n) is 8.30. The van der Waals surface area contributed by atoms with Gasteiger partial charge in [0.05, 0.1) is 11.9 Å². The maximum absolute atomic E-state index is 12.4. The summed E-state index contributed by atoms with van der Waals surface area (Å²) in [6.45, 7) is 1.59. The van der Waals surface area contributed by atoms with Crippen molar-refractivity contribution in [3.05, 3.63) is 42.7 Å². The van der Waals surface area contributed by atoms with Gasteiger partial charge in [-0.1, -0.05) is 0 Å². The third-order valence-electron chi connectivity index (χ3n) is 4.46. The second-order valence-electron chi connectivity index (χ2n) is 6.23. The highest BCUT2D eigenvalue weighted by molar-refractivity contribution is 5.94. The van der Waals surface area contributed by atoms with Crippen LogP contribution in [0, 0.1) is 0 Å². The lowest BCUT2D eigenvalue weighted by molar-refractivity contribution is 0.0933. The fourth-order valence-corrected chi connectivity index (χ4v) is 3.22. The maximum atomic E-state index is 12.4. The quantitative estimate of drug-likeness (QED) is 0.771. The number of hydrogen-bond acceptors (Lipinski definition) is 6. The molecule has 0 spiro atoms. The van der Waals surface area contributed by atoms with E-state index in [1.54, 1.807) is 37.2 Å². The highest BCUT2D eigenvalue weighted by atomic mass is 16.1. The molecule has 1 fully saturated rings. The number of aryl methyl sites for hydroxylation is 1. The van der Waals surface area contributed by atoms with Gasteiger partial charge in [-0.2, -0.15) is 0 Å². The molecule has 4 heterocycles. The molecule has 1 atom stereocenters. The van der Waals surface area contributed by atoms with Crippen LogP contribution >= 0.6 is 0 Å². The highest BCUT2D eigenvalue weighted by Gasteiger charge is 2.25. The van der Waals surface area contributed by atoms with Crippen LogP contribution in [-0.2, 0) is 7.05 Å². The van der Waals surface area contributed by atoms with Crippen molar-refractivity contribution in [2.45, 2.75) is 18.9 Å². The summed E-state index contributed by atoms with van der Waals surface area (Å²) in [7, 11) is 1.92. The zero-order chi connectivity index (χ0) is 17.2. The second-order valence-corrected chi connectivity index (χ2v) is 6.23. The van der Waals surface area contributed by atoms with E-state index in [0.717, 1.165) is 36.4 Å². The van der Waals surface area contributed by atoms with Gasteiger partial charge in [-0.3, -0.25) is 9.78 Å². The molecule has 0 radical (unpaired) electrons. The van der Waals surface area contributed by atoms with Crippen molar-refractivity contribution in [2.75, 3.05) is 18.0 Å². The zero-order valence-electron chi connectivity index (χ0n) is 14.0. The summed E-state index contributed by atoms with van der Waals surface area (Å²) < 4.78 is 1.88. The largest absolute Gasteiger partial charge is 0.353 e. The van der Waals surface area contributed by atoms with Gasteiger partial charge in [0.2, 0.25) is 0 Å². The molecule has 0 aliphatic carbocycles. The van der Waals surface area contributed by atoms with E-state index < -0.39 is 0 Å². The fourth-order valence-electron chi connectivity index (χ4n) is 3.22. The van der Waals surface area contributed by atoms with E-state index in [0.29, 0.717) is 12.1 Å². The predicted molar refractivity (Wildman–Crippen MR) is 93.2 cm³/mol. The Kier molecular flexibility index (Phi) is 4.01. The van der Waals surface area contributed by atoms with Crippen molar-refractivity contribution in [1.29, 1.82) is 0 Å². The van der Waals surface area contributed by atoms with Crippen molar-refractivity contribution in [3.63, 3.8) is 0 Å². The van der Waals surface area contributed by atoms with Crippen LogP contribution in [0.3, 0.4) is 0 Å². The topological polar surface area (TPSA) is 88.8 Å². The van der Waals surface area contributed by atoms with Crippen LogP contribution in [0.5, 0.6) is 0 Å². The molecule has 0 aromatic carbocycles. The SMILES string of the molecule is Cn1cnc2c(N3CCCC(NC(=O)c4cccnc4)C3)ncnc21. The van der Waals surface area contributed by atoms with Crippen LogP contribution < -0.4 is 10.2 Å². The highest BCUT2D eigenvalue weighted by Crippen LogP contribution is 2.24. The summed E-state index contributed by atoms with van der Waals surface area (Å²) >= 11 is 0. The third kappa shape index (κ3) is 3.02. The number of pyridine rings is 1. The molecule has 3 aromatic rings. The van der Waals surface area contributed by atoms with Crippen LogP contribution in [0.15, 0.2) is 37.2 Å². The average molecular weight is 337 g/mol. The monoisotopic (exact) mass is 337 g/mol. The smallest absolute Gasteiger partial charge is 0.253 e.